The summed E-state index contributed by atoms with van der Waals surface area (Å²) < 4.78 is 10.4. The molecule has 0 amide bonds. The summed E-state index contributed by atoms with van der Waals surface area (Å²) in [6, 6.07) is 9.38. The van der Waals surface area contributed by atoms with E-state index >= 15 is 0 Å². The first-order valence-electron chi connectivity index (χ1n) is 5.58. The molecule has 0 N–H and O–H groups in total. The van der Waals surface area contributed by atoms with Crippen LogP contribution in [0, 0.1) is 11.3 Å². The zero-order valence-corrected chi connectivity index (χ0v) is 12.3. The van der Waals surface area contributed by atoms with Gasteiger partial charge in [-0.1, -0.05) is 34.1 Å². The molecule has 0 heterocycles. The van der Waals surface area contributed by atoms with Crippen LogP contribution >= 0.6 is 15.9 Å². The second-order valence-corrected chi connectivity index (χ2v) is 4.65. The zero-order valence-electron chi connectivity index (χ0n) is 10.7. The lowest BCUT2D eigenvalue weighted by atomic mass is 9.92. The molecule has 5 heteroatoms. The van der Waals surface area contributed by atoms with E-state index in [4.69, 9.17) is 14.7 Å². The van der Waals surface area contributed by atoms with Crippen molar-refractivity contribution >= 4 is 21.9 Å². The molecule has 0 aromatic heterocycles. The summed E-state index contributed by atoms with van der Waals surface area (Å²) in [5.41, 5.74) is 1.17. The molecule has 0 fully saturated rings. The second kappa shape index (κ2) is 7.59. The van der Waals surface area contributed by atoms with Gasteiger partial charge >= 0.3 is 5.97 Å². The number of esters is 1. The minimum absolute atomic E-state index is 0.236. The van der Waals surface area contributed by atoms with Crippen molar-refractivity contribution in [2.24, 2.45) is 0 Å². The van der Waals surface area contributed by atoms with Gasteiger partial charge in [0.25, 0.3) is 0 Å². The highest BCUT2D eigenvalue weighted by Crippen LogP contribution is 2.30. The van der Waals surface area contributed by atoms with Crippen molar-refractivity contribution in [1.82, 2.24) is 0 Å². The molecule has 0 aliphatic heterocycles. The highest BCUT2D eigenvalue weighted by atomic mass is 79.9. The second-order valence-electron chi connectivity index (χ2n) is 3.79. The lowest BCUT2D eigenvalue weighted by Gasteiger charge is -2.15. The Balaban J connectivity index is 3.10. The number of halogens is 1. The molecule has 1 rings (SSSR count). The summed E-state index contributed by atoms with van der Waals surface area (Å²) in [4.78, 5) is 11.9. The number of benzene rings is 1. The molecular formula is C14H14BrNO3. The number of ether oxygens (including phenoxy) is 2. The van der Waals surface area contributed by atoms with E-state index in [1.54, 1.807) is 0 Å². The Hall–Kier alpha value is -1.80. The normalized spacial score (nSPS) is 12.4. The van der Waals surface area contributed by atoms with Crippen LogP contribution in [0.3, 0.4) is 0 Å². The maximum Gasteiger partial charge on any atom is 0.313 e. The molecule has 19 heavy (non-hydrogen) atoms. The molecule has 1 aromatic carbocycles. The van der Waals surface area contributed by atoms with Crippen LogP contribution in [0.2, 0.25) is 0 Å². The van der Waals surface area contributed by atoms with Crippen molar-refractivity contribution in [3.05, 3.63) is 46.1 Å². The smallest absolute Gasteiger partial charge is 0.313 e. The number of carbonyl (C=O) groups excluding carboxylic acids is 1. The van der Waals surface area contributed by atoms with Gasteiger partial charge in [-0.05, 0) is 11.6 Å². The third-order valence-corrected chi connectivity index (χ3v) is 3.32. The van der Waals surface area contributed by atoms with Gasteiger partial charge in [-0.25, -0.2) is 0 Å². The van der Waals surface area contributed by atoms with Crippen LogP contribution in [0.15, 0.2) is 40.6 Å². The molecule has 0 saturated carbocycles. The van der Waals surface area contributed by atoms with Gasteiger partial charge in [0, 0.05) is 10.9 Å². The lowest BCUT2D eigenvalue weighted by Crippen LogP contribution is -2.15. The Kier molecular flexibility index (Phi) is 6.10. The van der Waals surface area contributed by atoms with Gasteiger partial charge in [0.05, 0.1) is 38.0 Å². The average Bonchev–Trinajstić information content (AvgIpc) is 2.43. The Morgan fingerprint density at radius 1 is 1.47 bits per heavy atom. The van der Waals surface area contributed by atoms with E-state index in [9.17, 15) is 4.79 Å². The highest BCUT2D eigenvalue weighted by Gasteiger charge is 2.24. The third-order valence-electron chi connectivity index (χ3n) is 2.59. The first-order valence-corrected chi connectivity index (χ1v) is 6.37. The highest BCUT2D eigenvalue weighted by molar-refractivity contribution is 9.10. The van der Waals surface area contributed by atoms with Crippen molar-refractivity contribution in [2.45, 2.75) is 12.3 Å². The first-order chi connectivity index (χ1) is 9.13. The van der Waals surface area contributed by atoms with E-state index in [1.807, 2.05) is 30.3 Å². The number of hydrogen-bond donors (Lipinski definition) is 0. The monoisotopic (exact) mass is 323 g/mol. The summed E-state index contributed by atoms with van der Waals surface area (Å²) >= 11 is 3.40. The maximum atomic E-state index is 11.9. The van der Waals surface area contributed by atoms with Crippen molar-refractivity contribution in [2.75, 3.05) is 14.2 Å². The molecule has 4 nitrogen and oxygen atoms in total. The number of nitriles is 1. The van der Waals surface area contributed by atoms with E-state index in [2.05, 4.69) is 15.9 Å². The van der Waals surface area contributed by atoms with Crippen molar-refractivity contribution < 1.29 is 14.3 Å². The van der Waals surface area contributed by atoms with Crippen LogP contribution in [0.5, 0.6) is 0 Å². The third kappa shape index (κ3) is 4.11. The molecule has 0 spiro atoms. The number of nitrogens with zero attached hydrogens (tertiary/aromatic N) is 1. The average molecular weight is 324 g/mol. The van der Waals surface area contributed by atoms with Crippen LogP contribution in [-0.2, 0) is 14.3 Å². The fourth-order valence-electron chi connectivity index (χ4n) is 1.70. The Bertz CT molecular complexity index is 520. The Morgan fingerprint density at radius 2 is 2.16 bits per heavy atom. The standard InChI is InChI=1S/C14H14BrNO3/c1-18-9-10(8-16)7-12(14(17)19-2)11-5-3-4-6-13(11)15/h3-6,9,12H,7H2,1-2H3. The first kappa shape index (κ1) is 15.3. The van der Waals surface area contributed by atoms with Crippen LogP contribution < -0.4 is 0 Å². The molecule has 1 aromatic rings. The number of carbonyl (C=O) groups is 1. The van der Waals surface area contributed by atoms with E-state index in [0.29, 0.717) is 5.57 Å². The minimum atomic E-state index is -0.540. The van der Waals surface area contributed by atoms with Gasteiger partial charge in [-0.15, -0.1) is 0 Å². The van der Waals surface area contributed by atoms with Gasteiger partial charge in [0.15, 0.2) is 0 Å². The molecule has 0 aliphatic carbocycles. The van der Waals surface area contributed by atoms with Crippen molar-refractivity contribution in [3.8, 4) is 6.07 Å². The fraction of sp³-hybridized carbons (Fsp3) is 0.286. The topological polar surface area (TPSA) is 59.3 Å². The largest absolute Gasteiger partial charge is 0.503 e. The van der Waals surface area contributed by atoms with Crippen LogP contribution in [0.1, 0.15) is 17.9 Å². The van der Waals surface area contributed by atoms with Crippen LogP contribution in [0.4, 0.5) is 0 Å². The van der Waals surface area contributed by atoms with E-state index < -0.39 is 5.92 Å². The zero-order chi connectivity index (χ0) is 14.3. The molecule has 0 aliphatic rings. The predicted molar refractivity (Wildman–Crippen MR) is 74.2 cm³/mol. The molecule has 1 atom stereocenters. The van der Waals surface area contributed by atoms with Gasteiger partial charge in [0.2, 0.25) is 0 Å². The maximum absolute atomic E-state index is 11.9. The summed E-state index contributed by atoms with van der Waals surface area (Å²) in [7, 11) is 2.79. The number of hydrogen-bond acceptors (Lipinski definition) is 4. The SMILES string of the molecule is COC=C(C#N)CC(C(=O)OC)c1ccccc1Br. The number of allylic oxidation sites excluding steroid dienone is 1. The molecule has 1 unspecified atom stereocenters. The number of methoxy groups -OCH3 is 2. The summed E-state index contributed by atoms with van der Waals surface area (Å²) in [5.74, 6) is -0.925. The lowest BCUT2D eigenvalue weighted by molar-refractivity contribution is -0.142. The fourth-order valence-corrected chi connectivity index (χ4v) is 2.26. The van der Waals surface area contributed by atoms with Crippen molar-refractivity contribution in [1.29, 1.82) is 5.26 Å². The molecular weight excluding hydrogens is 310 g/mol. The summed E-state index contributed by atoms with van der Waals surface area (Å²) in [6.45, 7) is 0. The van der Waals surface area contributed by atoms with Crippen LogP contribution in [0.25, 0.3) is 0 Å². The van der Waals surface area contributed by atoms with Gasteiger partial charge < -0.3 is 9.47 Å². The van der Waals surface area contributed by atoms with E-state index in [1.165, 1.54) is 20.5 Å². The molecule has 0 saturated heterocycles. The Morgan fingerprint density at radius 3 is 2.68 bits per heavy atom. The summed E-state index contributed by atoms with van der Waals surface area (Å²) in [6.07, 6.45) is 1.58. The van der Waals surface area contributed by atoms with Gasteiger partial charge in [-0.2, -0.15) is 5.26 Å². The van der Waals surface area contributed by atoms with Gasteiger partial charge in [-0.3, -0.25) is 4.79 Å². The minimum Gasteiger partial charge on any atom is -0.503 e. The Labute approximate surface area is 120 Å². The molecule has 0 radical (unpaired) electrons. The molecule has 0 bridgehead atoms. The molecule has 100 valence electrons. The summed E-state index contributed by atoms with van der Waals surface area (Å²) in [5, 5.41) is 9.01. The van der Waals surface area contributed by atoms with Gasteiger partial charge in [0.1, 0.15) is 0 Å². The van der Waals surface area contributed by atoms with Crippen LogP contribution in [-0.4, -0.2) is 20.2 Å². The quantitative estimate of drug-likeness (QED) is 0.474. The number of rotatable bonds is 5. The van der Waals surface area contributed by atoms with E-state index in [-0.39, 0.29) is 12.4 Å². The van der Waals surface area contributed by atoms with Crippen molar-refractivity contribution in [3.63, 3.8) is 0 Å². The van der Waals surface area contributed by atoms with E-state index in [0.717, 1.165) is 10.0 Å². The predicted octanol–water partition coefficient (Wildman–Crippen LogP) is 3.15.